The van der Waals surface area contributed by atoms with E-state index in [0.717, 1.165) is 25.1 Å². The Morgan fingerprint density at radius 2 is 1.69 bits per heavy atom. The maximum Gasteiger partial charge on any atom is 0.308 e. The topological polar surface area (TPSA) is 38.8 Å². The molecule has 2 aromatic carbocycles. The first-order valence-electron chi connectivity index (χ1n) is 13.1. The molecule has 0 aliphatic heterocycles. The van der Waals surface area contributed by atoms with E-state index in [1.165, 1.54) is 18.4 Å². The molecule has 2 fully saturated rings. The maximum absolute atomic E-state index is 13.2. The zero-order valence-corrected chi connectivity index (χ0v) is 22.4. The lowest BCUT2D eigenvalue weighted by molar-refractivity contribution is -0.157. The van der Waals surface area contributed by atoms with Gasteiger partial charge in [-0.3, -0.25) is 9.69 Å². The highest BCUT2D eigenvalue weighted by Gasteiger charge is 2.64. The fourth-order valence-corrected chi connectivity index (χ4v) is 6.83. The van der Waals surface area contributed by atoms with E-state index < -0.39 is 5.60 Å². The van der Waals surface area contributed by atoms with Crippen LogP contribution in [-0.4, -0.2) is 36.2 Å². The Balaban J connectivity index is 1.73. The average molecular weight is 478 g/mol. The fourth-order valence-electron chi connectivity index (χ4n) is 6.83. The highest BCUT2D eigenvalue weighted by molar-refractivity contribution is 5.71. The molecule has 4 heteroatoms. The summed E-state index contributed by atoms with van der Waals surface area (Å²) < 4.78 is 12.0. The Bertz CT molecular complexity index is 981. The first-order chi connectivity index (χ1) is 16.6. The second-order valence-electron chi connectivity index (χ2n) is 12.2. The van der Waals surface area contributed by atoms with Crippen molar-refractivity contribution in [2.45, 2.75) is 84.6 Å². The monoisotopic (exact) mass is 477 g/mol. The van der Waals surface area contributed by atoms with Crippen molar-refractivity contribution in [1.82, 2.24) is 4.90 Å². The summed E-state index contributed by atoms with van der Waals surface area (Å²) >= 11 is 0. The normalized spacial score (nSPS) is 26.1. The van der Waals surface area contributed by atoms with Crippen LogP contribution < -0.4 is 0 Å². The van der Waals surface area contributed by atoms with Crippen LogP contribution in [0.1, 0.15) is 77.5 Å². The summed E-state index contributed by atoms with van der Waals surface area (Å²) in [6.45, 7) is 12.4. The van der Waals surface area contributed by atoms with Crippen LogP contribution in [0.2, 0.25) is 0 Å². The summed E-state index contributed by atoms with van der Waals surface area (Å²) in [6, 6.07) is 21.0. The molecule has 0 amide bonds. The van der Waals surface area contributed by atoms with Gasteiger partial charge in [-0.25, -0.2) is 0 Å². The molecule has 0 saturated heterocycles. The van der Waals surface area contributed by atoms with Crippen LogP contribution in [0.3, 0.4) is 0 Å². The molecule has 4 nitrogen and oxygen atoms in total. The molecule has 4 atom stereocenters. The number of carbonyl (C=O) groups is 1. The maximum atomic E-state index is 13.2. The highest BCUT2D eigenvalue weighted by Crippen LogP contribution is 2.67. The summed E-state index contributed by atoms with van der Waals surface area (Å²) in [5.74, 6) is 0.534. The van der Waals surface area contributed by atoms with Gasteiger partial charge in [-0.2, -0.15) is 0 Å². The Hall–Kier alpha value is -2.17. The van der Waals surface area contributed by atoms with Gasteiger partial charge in [0.2, 0.25) is 0 Å². The zero-order valence-electron chi connectivity index (χ0n) is 22.4. The third-order valence-corrected chi connectivity index (χ3v) is 8.76. The second-order valence-corrected chi connectivity index (χ2v) is 12.2. The number of hydrogen-bond donors (Lipinski definition) is 0. The summed E-state index contributed by atoms with van der Waals surface area (Å²) in [7, 11) is 1.88. The molecule has 2 aromatic rings. The summed E-state index contributed by atoms with van der Waals surface area (Å²) in [4.78, 5) is 15.7. The molecule has 2 aliphatic carbocycles. The highest BCUT2D eigenvalue weighted by atomic mass is 16.6. The molecule has 0 unspecified atom stereocenters. The molecule has 0 radical (unpaired) electrons. The van der Waals surface area contributed by atoms with Crippen LogP contribution in [0.5, 0.6) is 0 Å². The van der Waals surface area contributed by atoms with Crippen molar-refractivity contribution in [1.29, 1.82) is 0 Å². The number of rotatable bonds is 9. The number of carbonyl (C=O) groups excluding carboxylic acids is 1. The quantitative estimate of drug-likeness (QED) is 0.372. The molecule has 2 saturated carbocycles. The van der Waals surface area contributed by atoms with Crippen LogP contribution in [-0.2, 0) is 20.8 Å². The molecule has 35 heavy (non-hydrogen) atoms. The molecular formula is C31H43NO3. The average Bonchev–Trinajstić information content (AvgIpc) is 3.18. The third kappa shape index (κ3) is 5.34. The van der Waals surface area contributed by atoms with E-state index in [1.807, 2.05) is 33.9 Å². The number of methoxy groups -OCH3 is 1. The molecule has 0 N–H and O–H groups in total. The molecule has 190 valence electrons. The summed E-state index contributed by atoms with van der Waals surface area (Å²) in [5, 5.41) is 0. The largest absolute Gasteiger partial charge is 0.460 e. The predicted octanol–water partition coefficient (Wildman–Crippen LogP) is 6.80. The number of hydrogen-bond acceptors (Lipinski definition) is 4. The summed E-state index contributed by atoms with van der Waals surface area (Å²) in [6.07, 6.45) is 4.12. The van der Waals surface area contributed by atoms with Crippen molar-refractivity contribution in [3.05, 3.63) is 71.8 Å². The molecule has 0 heterocycles. The third-order valence-electron chi connectivity index (χ3n) is 8.76. The van der Waals surface area contributed by atoms with Gasteiger partial charge in [0.15, 0.2) is 0 Å². The van der Waals surface area contributed by atoms with Crippen LogP contribution in [0, 0.1) is 16.7 Å². The van der Waals surface area contributed by atoms with E-state index in [2.05, 4.69) is 73.3 Å². The molecule has 2 bridgehead atoms. The standard InChI is InChI=1S/C31H43NO3/c1-29(2,3)35-28(33)20-26(24-15-11-8-12-16-24)32(21-23-13-9-7-10-14-23)22-31-18-17-25(30(31,4)5)19-27(31)34-6/h7-16,25-27H,17-22H2,1-6H3/t25-,26-,27-,31-/m1/s1. The Kier molecular flexibility index (Phi) is 7.45. The van der Waals surface area contributed by atoms with Crippen LogP contribution >= 0.6 is 0 Å². The van der Waals surface area contributed by atoms with Crippen molar-refractivity contribution in [2.24, 2.45) is 16.7 Å². The fraction of sp³-hybridized carbons (Fsp3) is 0.581. The number of esters is 1. The van der Waals surface area contributed by atoms with E-state index in [0.29, 0.717) is 12.3 Å². The van der Waals surface area contributed by atoms with Crippen molar-refractivity contribution >= 4 is 5.97 Å². The van der Waals surface area contributed by atoms with Crippen LogP contribution in [0.25, 0.3) is 0 Å². The lowest BCUT2D eigenvalue weighted by Crippen LogP contribution is -2.49. The van der Waals surface area contributed by atoms with E-state index in [9.17, 15) is 4.79 Å². The number of benzene rings is 2. The minimum Gasteiger partial charge on any atom is -0.460 e. The first-order valence-corrected chi connectivity index (χ1v) is 13.1. The van der Waals surface area contributed by atoms with E-state index in [-0.39, 0.29) is 28.9 Å². The van der Waals surface area contributed by atoms with Gasteiger partial charge in [0, 0.05) is 31.7 Å². The summed E-state index contributed by atoms with van der Waals surface area (Å²) in [5.41, 5.74) is 2.16. The van der Waals surface area contributed by atoms with E-state index in [1.54, 1.807) is 0 Å². The van der Waals surface area contributed by atoms with Crippen molar-refractivity contribution < 1.29 is 14.3 Å². The Morgan fingerprint density at radius 3 is 2.26 bits per heavy atom. The van der Waals surface area contributed by atoms with E-state index >= 15 is 0 Å². The van der Waals surface area contributed by atoms with Crippen LogP contribution in [0.15, 0.2) is 60.7 Å². The second kappa shape index (κ2) is 10.1. The van der Waals surface area contributed by atoms with Gasteiger partial charge in [-0.15, -0.1) is 0 Å². The number of nitrogens with zero attached hydrogens (tertiary/aromatic N) is 1. The molecule has 4 rings (SSSR count). The van der Waals surface area contributed by atoms with Crippen molar-refractivity contribution in [3.8, 4) is 0 Å². The number of fused-ring (bicyclic) bond motifs is 2. The van der Waals surface area contributed by atoms with E-state index in [4.69, 9.17) is 9.47 Å². The predicted molar refractivity (Wildman–Crippen MR) is 141 cm³/mol. The Labute approximate surface area is 212 Å². The van der Waals surface area contributed by atoms with Gasteiger partial charge >= 0.3 is 5.97 Å². The van der Waals surface area contributed by atoms with Gasteiger partial charge < -0.3 is 9.47 Å². The van der Waals surface area contributed by atoms with Crippen molar-refractivity contribution in [2.75, 3.05) is 13.7 Å². The Morgan fingerprint density at radius 1 is 1.06 bits per heavy atom. The lowest BCUT2D eigenvalue weighted by atomic mass is 9.67. The first kappa shape index (κ1) is 25.9. The smallest absolute Gasteiger partial charge is 0.308 e. The molecule has 0 spiro atoms. The molecule has 0 aromatic heterocycles. The molecule has 2 aliphatic rings. The number of ether oxygens (including phenoxy) is 2. The zero-order chi connectivity index (χ0) is 25.3. The van der Waals surface area contributed by atoms with Gasteiger partial charge in [0.25, 0.3) is 0 Å². The molecular weight excluding hydrogens is 434 g/mol. The van der Waals surface area contributed by atoms with Gasteiger partial charge in [0.1, 0.15) is 5.60 Å². The minimum atomic E-state index is -0.505. The lowest BCUT2D eigenvalue weighted by Gasteiger charge is -2.47. The minimum absolute atomic E-state index is 0.0577. The van der Waals surface area contributed by atoms with Gasteiger partial charge in [0.05, 0.1) is 12.5 Å². The van der Waals surface area contributed by atoms with Crippen molar-refractivity contribution in [3.63, 3.8) is 0 Å². The SMILES string of the molecule is CO[C@@H]1C[C@H]2CC[C@]1(CN(Cc1ccccc1)[C@H](CC(=O)OC(C)(C)C)c1ccccc1)C2(C)C. The van der Waals surface area contributed by atoms with Gasteiger partial charge in [-0.05, 0) is 62.5 Å². The van der Waals surface area contributed by atoms with Gasteiger partial charge in [-0.1, -0.05) is 74.5 Å². The van der Waals surface area contributed by atoms with Crippen LogP contribution in [0.4, 0.5) is 0 Å².